The quantitative estimate of drug-likeness (QED) is 0.609. The molecule has 2 aliphatic rings. The molecule has 0 radical (unpaired) electrons. The van der Waals surface area contributed by atoms with Crippen molar-refractivity contribution in [3.8, 4) is 0 Å². The summed E-state index contributed by atoms with van der Waals surface area (Å²) in [4.78, 5) is 2.72. The van der Waals surface area contributed by atoms with Gasteiger partial charge in [0.15, 0.2) is 0 Å². The van der Waals surface area contributed by atoms with Crippen LogP contribution < -0.4 is 0 Å². The minimum absolute atomic E-state index is 0.917. The Hall–Kier alpha value is -0.0400. The van der Waals surface area contributed by atoms with Crippen LogP contribution >= 0.6 is 0 Å². The standard InChI is InChI=1S/C13H25N/c1-14(13-10-6-7-11-13)12-8-4-2-3-5-9-12/h12-13H,2-11H2,1H3. The van der Waals surface area contributed by atoms with Gasteiger partial charge in [-0.05, 0) is 32.7 Å². The lowest BCUT2D eigenvalue weighted by molar-refractivity contribution is 0.159. The van der Waals surface area contributed by atoms with E-state index in [4.69, 9.17) is 0 Å². The van der Waals surface area contributed by atoms with Crippen molar-refractivity contribution in [2.75, 3.05) is 7.05 Å². The third-order valence-electron chi connectivity index (χ3n) is 4.30. The van der Waals surface area contributed by atoms with Gasteiger partial charge in [-0.15, -0.1) is 0 Å². The molecular weight excluding hydrogens is 170 g/mol. The SMILES string of the molecule is CN(C1CCCCCC1)C1CCCC1. The van der Waals surface area contributed by atoms with Gasteiger partial charge >= 0.3 is 0 Å². The van der Waals surface area contributed by atoms with E-state index in [1.807, 2.05) is 0 Å². The van der Waals surface area contributed by atoms with Crippen LogP contribution in [0, 0.1) is 0 Å². The molecule has 1 heteroatoms. The highest BCUT2D eigenvalue weighted by molar-refractivity contribution is 4.81. The maximum absolute atomic E-state index is 2.72. The Morgan fingerprint density at radius 1 is 0.643 bits per heavy atom. The first-order valence-electron chi connectivity index (χ1n) is 6.60. The zero-order valence-electron chi connectivity index (χ0n) is 9.67. The van der Waals surface area contributed by atoms with Gasteiger partial charge in [0.25, 0.3) is 0 Å². The number of hydrogen-bond acceptors (Lipinski definition) is 1. The Kier molecular flexibility index (Phi) is 3.86. The molecule has 0 aromatic heterocycles. The molecule has 0 bridgehead atoms. The van der Waals surface area contributed by atoms with Crippen molar-refractivity contribution in [2.24, 2.45) is 0 Å². The van der Waals surface area contributed by atoms with E-state index < -0.39 is 0 Å². The van der Waals surface area contributed by atoms with Gasteiger partial charge in [-0.1, -0.05) is 38.5 Å². The largest absolute Gasteiger partial charge is 0.300 e. The lowest BCUT2D eigenvalue weighted by Crippen LogP contribution is -2.38. The van der Waals surface area contributed by atoms with Crippen LogP contribution in [0.3, 0.4) is 0 Å². The lowest BCUT2D eigenvalue weighted by atomic mass is 10.0. The molecule has 2 saturated carbocycles. The molecule has 0 aromatic rings. The van der Waals surface area contributed by atoms with Gasteiger partial charge in [-0.2, -0.15) is 0 Å². The van der Waals surface area contributed by atoms with Crippen LogP contribution in [0.4, 0.5) is 0 Å². The zero-order chi connectivity index (χ0) is 9.80. The van der Waals surface area contributed by atoms with E-state index >= 15 is 0 Å². The molecule has 0 spiro atoms. The summed E-state index contributed by atoms with van der Waals surface area (Å²) in [6.45, 7) is 0. The second-order valence-electron chi connectivity index (χ2n) is 5.25. The van der Waals surface area contributed by atoms with Crippen LogP contribution in [0.25, 0.3) is 0 Å². The lowest BCUT2D eigenvalue weighted by Gasteiger charge is -2.32. The molecule has 2 aliphatic carbocycles. The number of rotatable bonds is 2. The van der Waals surface area contributed by atoms with E-state index in [0.29, 0.717) is 0 Å². The fraction of sp³-hybridized carbons (Fsp3) is 1.00. The Morgan fingerprint density at radius 3 is 1.43 bits per heavy atom. The zero-order valence-corrected chi connectivity index (χ0v) is 9.67. The third kappa shape index (κ3) is 2.50. The van der Waals surface area contributed by atoms with Crippen LogP contribution in [-0.2, 0) is 0 Å². The number of nitrogens with zero attached hydrogens (tertiary/aromatic N) is 1. The van der Waals surface area contributed by atoms with Gasteiger partial charge in [0.2, 0.25) is 0 Å². The van der Waals surface area contributed by atoms with Crippen molar-refractivity contribution in [1.29, 1.82) is 0 Å². The highest BCUT2D eigenvalue weighted by Crippen LogP contribution is 2.28. The molecule has 14 heavy (non-hydrogen) atoms. The van der Waals surface area contributed by atoms with E-state index in [0.717, 1.165) is 12.1 Å². The Morgan fingerprint density at radius 2 is 1.00 bits per heavy atom. The van der Waals surface area contributed by atoms with Crippen LogP contribution in [0.2, 0.25) is 0 Å². The molecule has 0 amide bonds. The van der Waals surface area contributed by atoms with Crippen LogP contribution in [0.15, 0.2) is 0 Å². The third-order valence-corrected chi connectivity index (χ3v) is 4.30. The monoisotopic (exact) mass is 195 g/mol. The van der Waals surface area contributed by atoms with Crippen molar-refractivity contribution in [2.45, 2.75) is 76.3 Å². The molecule has 0 aliphatic heterocycles. The highest BCUT2D eigenvalue weighted by atomic mass is 15.2. The first-order valence-corrected chi connectivity index (χ1v) is 6.60. The summed E-state index contributed by atoms with van der Waals surface area (Å²) in [5.41, 5.74) is 0. The van der Waals surface area contributed by atoms with E-state index in [-0.39, 0.29) is 0 Å². The fourth-order valence-electron chi connectivity index (χ4n) is 3.27. The number of hydrogen-bond donors (Lipinski definition) is 0. The molecule has 2 rings (SSSR count). The van der Waals surface area contributed by atoms with Crippen molar-refractivity contribution in [1.82, 2.24) is 4.90 Å². The van der Waals surface area contributed by atoms with Crippen LogP contribution in [0.5, 0.6) is 0 Å². The van der Waals surface area contributed by atoms with Crippen LogP contribution in [0.1, 0.15) is 64.2 Å². The van der Waals surface area contributed by atoms with Gasteiger partial charge < -0.3 is 4.90 Å². The summed E-state index contributed by atoms with van der Waals surface area (Å²) in [7, 11) is 2.38. The van der Waals surface area contributed by atoms with E-state index in [1.54, 1.807) is 0 Å². The Bertz CT molecular complexity index is 153. The predicted molar refractivity (Wildman–Crippen MR) is 61.5 cm³/mol. The van der Waals surface area contributed by atoms with Gasteiger partial charge in [-0.25, -0.2) is 0 Å². The Balaban J connectivity index is 1.84. The second kappa shape index (κ2) is 5.16. The Labute approximate surface area is 88.9 Å². The molecule has 0 atom stereocenters. The molecular formula is C13H25N. The van der Waals surface area contributed by atoms with Gasteiger partial charge in [0, 0.05) is 12.1 Å². The van der Waals surface area contributed by atoms with Crippen molar-refractivity contribution in [3.63, 3.8) is 0 Å². The summed E-state index contributed by atoms with van der Waals surface area (Å²) >= 11 is 0. The van der Waals surface area contributed by atoms with Gasteiger partial charge in [0.05, 0.1) is 0 Å². The smallest absolute Gasteiger partial charge is 0.00951 e. The van der Waals surface area contributed by atoms with Crippen molar-refractivity contribution >= 4 is 0 Å². The normalized spacial score (nSPS) is 27.0. The maximum atomic E-state index is 2.72. The topological polar surface area (TPSA) is 3.24 Å². The molecule has 0 saturated heterocycles. The minimum atomic E-state index is 0.917. The van der Waals surface area contributed by atoms with E-state index in [1.165, 1.54) is 64.2 Å². The fourth-order valence-corrected chi connectivity index (χ4v) is 3.27. The molecule has 2 fully saturated rings. The average Bonchev–Trinajstić information content (AvgIpc) is 2.59. The molecule has 0 heterocycles. The predicted octanol–water partition coefficient (Wildman–Crippen LogP) is 3.58. The molecule has 1 nitrogen and oxygen atoms in total. The summed E-state index contributed by atoms with van der Waals surface area (Å²) in [5, 5.41) is 0. The van der Waals surface area contributed by atoms with Gasteiger partial charge in [-0.3, -0.25) is 0 Å². The van der Waals surface area contributed by atoms with Crippen molar-refractivity contribution in [3.05, 3.63) is 0 Å². The molecule has 0 N–H and O–H groups in total. The molecule has 0 unspecified atom stereocenters. The van der Waals surface area contributed by atoms with E-state index in [2.05, 4.69) is 11.9 Å². The molecule has 82 valence electrons. The maximum Gasteiger partial charge on any atom is 0.00951 e. The van der Waals surface area contributed by atoms with Crippen molar-refractivity contribution < 1.29 is 0 Å². The first-order chi connectivity index (χ1) is 6.88. The highest BCUT2D eigenvalue weighted by Gasteiger charge is 2.25. The summed E-state index contributed by atoms with van der Waals surface area (Å²) in [5.74, 6) is 0. The summed E-state index contributed by atoms with van der Waals surface area (Å²) in [6, 6.07) is 1.85. The second-order valence-corrected chi connectivity index (χ2v) is 5.25. The van der Waals surface area contributed by atoms with E-state index in [9.17, 15) is 0 Å². The minimum Gasteiger partial charge on any atom is -0.300 e. The summed E-state index contributed by atoms with van der Waals surface area (Å²) < 4.78 is 0. The summed E-state index contributed by atoms with van der Waals surface area (Å²) in [6.07, 6.45) is 14.7. The van der Waals surface area contributed by atoms with Crippen LogP contribution in [-0.4, -0.2) is 24.0 Å². The average molecular weight is 195 g/mol. The van der Waals surface area contributed by atoms with Gasteiger partial charge in [0.1, 0.15) is 0 Å². The first kappa shape index (κ1) is 10.5. The molecule has 0 aromatic carbocycles.